The van der Waals surface area contributed by atoms with Gasteiger partial charge in [0.05, 0.1) is 16.8 Å². The number of para-hydroxylation sites is 2. The Kier molecular flexibility index (Phi) is 11.2. The predicted molar refractivity (Wildman–Crippen MR) is 359 cm³/mol. The van der Waals surface area contributed by atoms with Crippen LogP contribution in [0.1, 0.15) is 50.7 Å². The van der Waals surface area contributed by atoms with Gasteiger partial charge in [-0.05, 0) is 165 Å². The van der Waals surface area contributed by atoms with Gasteiger partial charge in [-0.2, -0.15) is 0 Å². The number of anilines is 6. The van der Waals surface area contributed by atoms with Gasteiger partial charge in [0.15, 0.2) is 11.2 Å². The van der Waals surface area contributed by atoms with E-state index in [4.69, 9.17) is 17.7 Å². The summed E-state index contributed by atoms with van der Waals surface area (Å²) in [6, 6.07) is 91.5. The molecule has 0 radical (unpaired) electrons. The number of hydrogen-bond acceptors (Lipinski definition) is 6. The minimum absolute atomic E-state index is 0.388. The Labute approximate surface area is 495 Å². The summed E-state index contributed by atoms with van der Waals surface area (Å²) >= 11 is 0. The average Bonchev–Trinajstić information content (AvgIpc) is 2.06. The minimum atomic E-state index is 0.388. The second kappa shape index (κ2) is 19.4. The second-order valence-corrected chi connectivity index (χ2v) is 23.5. The summed E-state index contributed by atoms with van der Waals surface area (Å²) < 4.78 is 27.8. The van der Waals surface area contributed by atoms with Gasteiger partial charge in [0.2, 0.25) is 0 Å². The molecule has 86 heavy (non-hydrogen) atoms. The third-order valence-electron chi connectivity index (χ3n) is 17.8. The maximum absolute atomic E-state index is 7.10. The molecule has 0 fully saturated rings. The first-order valence-corrected chi connectivity index (χ1v) is 29.7. The van der Waals surface area contributed by atoms with Gasteiger partial charge in [0.1, 0.15) is 33.5 Å². The number of hydrogen-bond donors (Lipinski definition) is 0. The number of rotatable bonds is 10. The molecular formula is C80H56N2O4. The second-order valence-electron chi connectivity index (χ2n) is 23.5. The van der Waals surface area contributed by atoms with Gasteiger partial charge in [-0.3, -0.25) is 0 Å². The first-order chi connectivity index (χ1) is 42.3. The molecule has 0 aliphatic heterocycles. The molecule has 0 unspecified atom stereocenters. The molecule has 0 saturated heterocycles. The quantitative estimate of drug-likeness (QED) is 0.136. The summed E-state index contributed by atoms with van der Waals surface area (Å²) in [5.74, 6) is 0.776. The number of benzene rings is 13. The molecule has 4 aromatic heterocycles. The van der Waals surface area contributed by atoms with E-state index in [1.165, 1.54) is 11.1 Å². The van der Waals surface area contributed by atoms with Crippen molar-refractivity contribution in [3.8, 4) is 22.3 Å². The third-order valence-corrected chi connectivity index (χ3v) is 17.8. The van der Waals surface area contributed by atoms with E-state index >= 15 is 0 Å². The Morgan fingerprint density at radius 3 is 1.19 bits per heavy atom. The lowest BCUT2D eigenvalue weighted by Crippen LogP contribution is -2.12. The van der Waals surface area contributed by atoms with E-state index in [9.17, 15) is 0 Å². The molecule has 0 aliphatic carbocycles. The van der Waals surface area contributed by atoms with E-state index in [-0.39, 0.29) is 0 Å². The van der Waals surface area contributed by atoms with Crippen LogP contribution in [0.2, 0.25) is 0 Å². The molecule has 0 bridgehead atoms. The molecule has 6 nitrogen and oxygen atoms in total. The molecule has 0 aliphatic rings. The molecule has 4 heterocycles. The van der Waals surface area contributed by atoms with Crippen LogP contribution in [0, 0.1) is 0 Å². The Bertz CT molecular complexity index is 5530. The lowest BCUT2D eigenvalue weighted by molar-refractivity contribution is 0.663. The molecule has 17 aromatic rings. The van der Waals surface area contributed by atoms with E-state index in [0.29, 0.717) is 11.8 Å². The van der Waals surface area contributed by atoms with Crippen LogP contribution < -0.4 is 9.80 Å². The summed E-state index contributed by atoms with van der Waals surface area (Å²) in [5, 5.41) is 12.7. The van der Waals surface area contributed by atoms with Crippen LogP contribution in [0.4, 0.5) is 34.1 Å². The molecule has 0 N–H and O–H groups in total. The Morgan fingerprint density at radius 1 is 0.267 bits per heavy atom. The molecule has 6 heteroatoms. The smallest absolute Gasteiger partial charge is 0.160 e. The van der Waals surface area contributed by atoms with Crippen LogP contribution in [0.25, 0.3) is 132 Å². The van der Waals surface area contributed by atoms with Crippen LogP contribution in [0.3, 0.4) is 0 Å². The van der Waals surface area contributed by atoms with Crippen molar-refractivity contribution >= 4 is 143 Å². The molecule has 0 atom stereocenters. The summed E-state index contributed by atoms with van der Waals surface area (Å²) in [5.41, 5.74) is 19.5. The molecule has 410 valence electrons. The molecule has 0 amide bonds. The van der Waals surface area contributed by atoms with Gasteiger partial charge in [-0.15, -0.1) is 0 Å². The fourth-order valence-corrected chi connectivity index (χ4v) is 13.4. The summed E-state index contributed by atoms with van der Waals surface area (Å²) in [6.07, 6.45) is 0. The Balaban J connectivity index is 0.818. The fraction of sp³-hybridized carbons (Fsp3) is 0.0750. The van der Waals surface area contributed by atoms with Gasteiger partial charge in [-0.25, -0.2) is 0 Å². The molecule has 13 aromatic carbocycles. The summed E-state index contributed by atoms with van der Waals surface area (Å²) in [6.45, 7) is 8.96. The van der Waals surface area contributed by atoms with Crippen molar-refractivity contribution in [1.29, 1.82) is 0 Å². The highest BCUT2D eigenvalue weighted by Gasteiger charge is 2.28. The first kappa shape index (κ1) is 49.8. The topological polar surface area (TPSA) is 59.0 Å². The zero-order valence-corrected chi connectivity index (χ0v) is 47.9. The van der Waals surface area contributed by atoms with Crippen molar-refractivity contribution in [3.63, 3.8) is 0 Å². The normalized spacial score (nSPS) is 12.2. The monoisotopic (exact) mass is 1110 g/mol. The fourth-order valence-electron chi connectivity index (χ4n) is 13.4. The van der Waals surface area contributed by atoms with Crippen LogP contribution >= 0.6 is 0 Å². The van der Waals surface area contributed by atoms with Crippen LogP contribution in [0.5, 0.6) is 0 Å². The van der Waals surface area contributed by atoms with Crippen molar-refractivity contribution in [2.45, 2.75) is 39.5 Å². The van der Waals surface area contributed by atoms with Gasteiger partial charge in [0, 0.05) is 71.6 Å². The molecular weight excluding hydrogens is 1050 g/mol. The van der Waals surface area contributed by atoms with E-state index in [1.807, 2.05) is 12.1 Å². The standard InChI is InChI=1S/C80H56N2O4/c1-47(2)49-23-29-57(30-24-49)81(76-61(51-15-7-5-8-16-51)35-37-65-63-19-11-13-21-70(63)84-79(65)76)59-33-27-53-43-68-67-39-40-72-75(78(67)86-73(68)45-55(53)41-59)69-44-54-28-34-60(42-56(54)46-74(69)83-72)82(58-31-25-50(26-32-58)48(3)4)77-62(52-17-9-6-10-18-52)36-38-66-64-20-12-14-22-71(64)85-80(66)77/h5-48H,1-4H3. The van der Waals surface area contributed by atoms with E-state index in [1.54, 1.807) is 0 Å². The minimum Gasteiger partial charge on any atom is -0.456 e. The van der Waals surface area contributed by atoms with Gasteiger partial charge in [-0.1, -0.05) is 173 Å². The maximum atomic E-state index is 7.10. The van der Waals surface area contributed by atoms with Gasteiger partial charge in [0.25, 0.3) is 0 Å². The Hall–Kier alpha value is -10.8. The van der Waals surface area contributed by atoms with Crippen LogP contribution in [-0.4, -0.2) is 0 Å². The highest BCUT2D eigenvalue weighted by Crippen LogP contribution is 2.51. The van der Waals surface area contributed by atoms with Crippen molar-refractivity contribution in [3.05, 3.63) is 266 Å². The maximum Gasteiger partial charge on any atom is 0.160 e. The number of furan rings is 4. The van der Waals surface area contributed by atoms with Crippen molar-refractivity contribution in [1.82, 2.24) is 0 Å². The predicted octanol–water partition coefficient (Wildman–Crippen LogP) is 24.1. The van der Waals surface area contributed by atoms with Gasteiger partial charge < -0.3 is 27.5 Å². The molecule has 17 rings (SSSR count). The lowest BCUT2D eigenvalue weighted by atomic mass is 9.98. The van der Waals surface area contributed by atoms with Gasteiger partial charge >= 0.3 is 0 Å². The SMILES string of the molecule is CC(C)c1ccc(N(c2ccc3cc4c(cc3c2)oc2c4ccc3oc4cc5cc(N(c6ccc(C(C)C)cc6)c6c(-c7ccccc7)ccc7c6oc6ccccc67)ccc5cc4c32)c2c(-c3ccccc3)ccc3c2oc2ccccc23)cc1. The van der Waals surface area contributed by atoms with Crippen LogP contribution in [0.15, 0.2) is 272 Å². The van der Waals surface area contributed by atoms with Crippen molar-refractivity contribution < 1.29 is 17.7 Å². The third kappa shape index (κ3) is 7.86. The highest BCUT2D eigenvalue weighted by atomic mass is 16.3. The molecule has 0 spiro atoms. The largest absolute Gasteiger partial charge is 0.456 e. The average molecular weight is 1110 g/mol. The number of fused-ring (bicyclic) bond motifs is 15. The lowest BCUT2D eigenvalue weighted by Gasteiger charge is -2.28. The Morgan fingerprint density at radius 2 is 0.686 bits per heavy atom. The van der Waals surface area contributed by atoms with E-state index in [2.05, 4.69) is 280 Å². The van der Waals surface area contributed by atoms with Crippen molar-refractivity contribution in [2.75, 3.05) is 9.80 Å². The highest BCUT2D eigenvalue weighted by molar-refractivity contribution is 6.25. The van der Waals surface area contributed by atoms with E-state index in [0.717, 1.165) is 166 Å². The summed E-state index contributed by atoms with van der Waals surface area (Å²) in [4.78, 5) is 4.74. The zero-order chi connectivity index (χ0) is 57.3. The van der Waals surface area contributed by atoms with E-state index < -0.39 is 0 Å². The zero-order valence-electron chi connectivity index (χ0n) is 47.9. The van der Waals surface area contributed by atoms with Crippen molar-refractivity contribution in [2.24, 2.45) is 0 Å². The molecule has 0 saturated carbocycles. The number of nitrogens with zero attached hydrogens (tertiary/aromatic N) is 2. The summed E-state index contributed by atoms with van der Waals surface area (Å²) in [7, 11) is 0. The van der Waals surface area contributed by atoms with Crippen LogP contribution in [-0.2, 0) is 0 Å². The first-order valence-electron chi connectivity index (χ1n) is 29.7.